The second kappa shape index (κ2) is 10.3. The average molecular weight is 559 g/mol. The van der Waals surface area contributed by atoms with Crippen molar-refractivity contribution in [1.29, 1.82) is 0 Å². The van der Waals surface area contributed by atoms with Crippen molar-refractivity contribution in [3.63, 3.8) is 0 Å². The summed E-state index contributed by atoms with van der Waals surface area (Å²) >= 11 is 0. The van der Waals surface area contributed by atoms with Gasteiger partial charge in [-0.1, -0.05) is 36.4 Å². The summed E-state index contributed by atoms with van der Waals surface area (Å²) in [4.78, 5) is 23.4. The third kappa shape index (κ3) is 4.52. The van der Waals surface area contributed by atoms with Gasteiger partial charge in [-0.15, -0.1) is 0 Å². The number of aromatic nitrogens is 3. The van der Waals surface area contributed by atoms with E-state index in [9.17, 15) is 13.6 Å². The Morgan fingerprint density at radius 2 is 1.83 bits per heavy atom. The standard InChI is InChI=1S/C31H32F2N6O2/c1-18(2)15-41-17-37-23-10-8-21(9-11-23)26-24(25-27(34)35-16-36-28(25)38(26)3)20-4-6-22(7-5-20)29(40)39-14-19-12-31(39,13-19)30(32)33/h4-11,16,19,30,37H,1,12-15,17H2,2-3H3,(H2,34,35,36). The molecule has 8 nitrogen and oxygen atoms in total. The normalized spacial score (nSPS) is 19.5. The monoisotopic (exact) mass is 558 g/mol. The van der Waals surface area contributed by atoms with Crippen molar-refractivity contribution in [3.8, 4) is 22.4 Å². The van der Waals surface area contributed by atoms with E-state index in [1.54, 1.807) is 12.1 Å². The molecular formula is C31H32F2N6O2. The summed E-state index contributed by atoms with van der Waals surface area (Å²) in [6.45, 7) is 6.98. The Bertz CT molecular complexity index is 1630. The van der Waals surface area contributed by atoms with Crippen LogP contribution in [-0.2, 0) is 11.8 Å². The second-order valence-electron chi connectivity index (χ2n) is 11.1. The molecule has 3 fully saturated rings. The van der Waals surface area contributed by atoms with Crippen LogP contribution in [0.5, 0.6) is 0 Å². The van der Waals surface area contributed by atoms with E-state index in [0.29, 0.717) is 55.1 Å². The predicted octanol–water partition coefficient (Wildman–Crippen LogP) is 5.72. The molecule has 41 heavy (non-hydrogen) atoms. The number of halogens is 2. The largest absolute Gasteiger partial charge is 0.383 e. The molecule has 2 saturated heterocycles. The highest BCUT2D eigenvalue weighted by atomic mass is 19.3. The highest BCUT2D eigenvalue weighted by Crippen LogP contribution is 2.54. The Hall–Kier alpha value is -4.31. The van der Waals surface area contributed by atoms with E-state index in [4.69, 9.17) is 10.5 Å². The number of nitrogens with two attached hydrogens (primary N) is 1. The van der Waals surface area contributed by atoms with Crippen LogP contribution in [0.2, 0.25) is 0 Å². The molecule has 3 N–H and O–H groups in total. The van der Waals surface area contributed by atoms with Gasteiger partial charge in [-0.25, -0.2) is 18.7 Å². The third-order valence-electron chi connectivity index (χ3n) is 8.22. The number of hydrogen-bond acceptors (Lipinski definition) is 6. The number of carbonyl (C=O) groups is 1. The number of carbonyl (C=O) groups excluding carboxylic acids is 1. The van der Waals surface area contributed by atoms with Gasteiger partial charge in [-0.05, 0) is 61.1 Å². The second-order valence-corrected chi connectivity index (χ2v) is 11.1. The average Bonchev–Trinajstić information content (AvgIpc) is 3.61. The first-order chi connectivity index (χ1) is 19.7. The van der Waals surface area contributed by atoms with Gasteiger partial charge in [0.1, 0.15) is 30.1 Å². The van der Waals surface area contributed by atoms with Crippen LogP contribution in [0.25, 0.3) is 33.4 Å². The van der Waals surface area contributed by atoms with Gasteiger partial charge in [-0.3, -0.25) is 4.79 Å². The molecule has 10 heteroatoms. The van der Waals surface area contributed by atoms with E-state index < -0.39 is 12.0 Å². The molecule has 2 bridgehead atoms. The minimum Gasteiger partial charge on any atom is -0.383 e. The quantitative estimate of drug-likeness (QED) is 0.155. The zero-order valence-electron chi connectivity index (χ0n) is 23.0. The highest BCUT2D eigenvalue weighted by molar-refractivity contribution is 6.08. The molecule has 0 unspecified atom stereocenters. The number of rotatable bonds is 9. The molecule has 2 aromatic heterocycles. The Morgan fingerprint density at radius 1 is 1.15 bits per heavy atom. The minimum atomic E-state index is -2.55. The van der Waals surface area contributed by atoms with Crippen molar-refractivity contribution >= 4 is 28.4 Å². The lowest BCUT2D eigenvalue weighted by molar-refractivity contribution is -0.0455. The number of nitrogens with zero attached hydrogens (tertiary/aromatic N) is 4. The van der Waals surface area contributed by atoms with Crippen LogP contribution in [0.3, 0.4) is 0 Å². The SMILES string of the molecule is C=C(C)COCNc1ccc(-c2c(-c3ccc(C(=O)N4CC5CC4(C(F)F)C5)cc3)c3c(N)ncnc3n2C)cc1. The van der Waals surface area contributed by atoms with Gasteiger partial charge >= 0.3 is 0 Å². The van der Waals surface area contributed by atoms with E-state index in [2.05, 4.69) is 21.9 Å². The van der Waals surface area contributed by atoms with Crippen LogP contribution in [0.1, 0.15) is 30.1 Å². The van der Waals surface area contributed by atoms with Crippen molar-refractivity contribution in [2.75, 3.05) is 30.9 Å². The lowest BCUT2D eigenvalue weighted by Gasteiger charge is -2.41. The van der Waals surface area contributed by atoms with Crippen LogP contribution in [0.4, 0.5) is 20.3 Å². The summed E-state index contributed by atoms with van der Waals surface area (Å²) in [6.07, 6.45) is -0.354. The molecule has 4 heterocycles. The Kier molecular flexibility index (Phi) is 6.73. The molecule has 1 saturated carbocycles. The van der Waals surface area contributed by atoms with Crippen LogP contribution in [-0.4, -0.2) is 57.2 Å². The molecule has 0 radical (unpaired) electrons. The fraction of sp³-hybridized carbons (Fsp3) is 0.323. The Labute approximate surface area is 236 Å². The van der Waals surface area contributed by atoms with Crippen molar-refractivity contribution in [2.45, 2.75) is 31.7 Å². The molecule has 1 amide bonds. The van der Waals surface area contributed by atoms with Crippen LogP contribution in [0, 0.1) is 5.92 Å². The van der Waals surface area contributed by atoms with E-state index in [-0.39, 0.29) is 11.8 Å². The number of hydrogen-bond donors (Lipinski definition) is 2. The van der Waals surface area contributed by atoms with Gasteiger partial charge in [0.25, 0.3) is 12.3 Å². The van der Waals surface area contributed by atoms with Gasteiger partial charge in [-0.2, -0.15) is 0 Å². The van der Waals surface area contributed by atoms with Gasteiger partial charge < -0.3 is 25.3 Å². The minimum absolute atomic E-state index is 0.166. The first-order valence-corrected chi connectivity index (χ1v) is 13.6. The maximum absolute atomic E-state index is 13.9. The molecule has 4 aromatic rings. The molecule has 212 valence electrons. The predicted molar refractivity (Wildman–Crippen MR) is 156 cm³/mol. The van der Waals surface area contributed by atoms with Gasteiger partial charge in [0, 0.05) is 30.4 Å². The van der Waals surface area contributed by atoms with E-state index in [0.717, 1.165) is 33.6 Å². The lowest BCUT2D eigenvalue weighted by Crippen LogP contribution is -2.53. The third-order valence-corrected chi connectivity index (χ3v) is 8.22. The summed E-state index contributed by atoms with van der Waals surface area (Å²) in [7, 11) is 1.92. The smallest absolute Gasteiger partial charge is 0.261 e. The number of amides is 1. The molecule has 0 atom stereocenters. The molecule has 0 spiro atoms. The van der Waals surface area contributed by atoms with Crippen molar-refractivity contribution in [2.24, 2.45) is 13.0 Å². The summed E-state index contributed by atoms with van der Waals surface area (Å²) in [6, 6.07) is 15.0. The number of ether oxygens (including phenoxy) is 1. The number of alkyl halides is 2. The van der Waals surface area contributed by atoms with E-state index in [1.807, 2.05) is 54.9 Å². The summed E-state index contributed by atoms with van der Waals surface area (Å²) in [5.41, 5.74) is 11.4. The topological polar surface area (TPSA) is 98.3 Å². The number of benzene rings is 2. The summed E-state index contributed by atoms with van der Waals surface area (Å²) < 4.78 is 35.2. The Morgan fingerprint density at radius 3 is 2.49 bits per heavy atom. The highest BCUT2D eigenvalue weighted by Gasteiger charge is 2.63. The maximum Gasteiger partial charge on any atom is 0.261 e. The molecule has 3 aliphatic rings. The van der Waals surface area contributed by atoms with Gasteiger partial charge in [0.05, 0.1) is 17.7 Å². The van der Waals surface area contributed by atoms with Crippen LogP contribution < -0.4 is 11.1 Å². The maximum atomic E-state index is 13.9. The summed E-state index contributed by atoms with van der Waals surface area (Å²) in [5.74, 6) is 0.155. The van der Waals surface area contributed by atoms with Crippen molar-refractivity contribution in [1.82, 2.24) is 19.4 Å². The lowest BCUT2D eigenvalue weighted by atomic mass is 9.73. The van der Waals surface area contributed by atoms with Gasteiger partial charge in [0.2, 0.25) is 0 Å². The van der Waals surface area contributed by atoms with Crippen LogP contribution in [0.15, 0.2) is 67.0 Å². The zero-order chi connectivity index (χ0) is 28.9. The first kappa shape index (κ1) is 26.9. The molecule has 2 aliphatic heterocycles. The van der Waals surface area contributed by atoms with Crippen LogP contribution >= 0.6 is 0 Å². The molecule has 1 aliphatic carbocycles. The fourth-order valence-corrected chi connectivity index (χ4v) is 6.25. The van der Waals surface area contributed by atoms with Crippen molar-refractivity contribution in [3.05, 3.63) is 72.6 Å². The van der Waals surface area contributed by atoms with Crippen molar-refractivity contribution < 1.29 is 18.3 Å². The first-order valence-electron chi connectivity index (χ1n) is 13.6. The van der Waals surface area contributed by atoms with Gasteiger partial charge in [0.15, 0.2) is 0 Å². The number of aryl methyl sites for hydroxylation is 1. The van der Waals surface area contributed by atoms with E-state index >= 15 is 0 Å². The zero-order valence-corrected chi connectivity index (χ0v) is 23.0. The number of nitrogen functional groups attached to an aromatic ring is 1. The Balaban J connectivity index is 1.34. The summed E-state index contributed by atoms with van der Waals surface area (Å²) in [5, 5.41) is 3.94. The number of fused-ring (bicyclic) bond motifs is 2. The molecule has 7 rings (SSSR count). The molecule has 2 aromatic carbocycles. The van der Waals surface area contributed by atoms with E-state index in [1.165, 1.54) is 11.2 Å². The molecular weight excluding hydrogens is 526 g/mol. The fourth-order valence-electron chi connectivity index (χ4n) is 6.25. The number of nitrogens with one attached hydrogen (secondary N) is 1. The number of anilines is 2.